The first kappa shape index (κ1) is 11.1. The summed E-state index contributed by atoms with van der Waals surface area (Å²) in [5.74, 6) is 0. The van der Waals surface area contributed by atoms with Crippen LogP contribution in [0.2, 0.25) is 0 Å². The zero-order valence-corrected chi connectivity index (χ0v) is 9.85. The lowest BCUT2D eigenvalue weighted by molar-refractivity contribution is 0.196. The monoisotopic (exact) mass is 236 g/mol. The van der Waals surface area contributed by atoms with Crippen LogP contribution in [-0.2, 0) is 7.05 Å². The van der Waals surface area contributed by atoms with E-state index in [-0.39, 0.29) is 0 Å². The highest BCUT2D eigenvalue weighted by atomic mass is 32.2. The minimum Gasteiger partial charge on any atom is -0.389 e. The van der Waals surface area contributed by atoms with E-state index in [2.05, 4.69) is 15.5 Å². The second-order valence-electron chi connectivity index (χ2n) is 3.40. The van der Waals surface area contributed by atoms with Gasteiger partial charge in [0.2, 0.25) is 5.16 Å². The molecule has 2 aromatic rings. The Hall–Kier alpha value is -1.40. The van der Waals surface area contributed by atoms with E-state index in [4.69, 9.17) is 0 Å². The van der Waals surface area contributed by atoms with E-state index in [1.807, 2.05) is 24.3 Å². The maximum atomic E-state index is 9.63. The molecule has 6 heteroatoms. The van der Waals surface area contributed by atoms with Crippen molar-refractivity contribution in [1.29, 1.82) is 0 Å². The number of hydrogen-bond acceptors (Lipinski definition) is 5. The summed E-state index contributed by atoms with van der Waals surface area (Å²) < 4.78 is 1.60. The Balaban J connectivity index is 2.31. The zero-order valence-electron chi connectivity index (χ0n) is 9.03. The molecule has 1 atom stereocenters. The van der Waals surface area contributed by atoms with E-state index in [9.17, 15) is 5.11 Å². The fourth-order valence-corrected chi connectivity index (χ4v) is 2.27. The highest BCUT2D eigenvalue weighted by molar-refractivity contribution is 7.99. The molecule has 5 nitrogen and oxygen atoms in total. The molecule has 1 aromatic carbocycles. The van der Waals surface area contributed by atoms with E-state index in [1.54, 1.807) is 18.7 Å². The van der Waals surface area contributed by atoms with E-state index in [1.165, 1.54) is 11.8 Å². The molecule has 1 aromatic heterocycles. The molecule has 0 bridgehead atoms. The number of aliphatic hydroxyl groups excluding tert-OH is 1. The lowest BCUT2D eigenvalue weighted by atomic mass is 10.1. The Morgan fingerprint density at radius 1 is 1.38 bits per heavy atom. The van der Waals surface area contributed by atoms with Crippen molar-refractivity contribution in [3.8, 4) is 0 Å². The summed E-state index contributed by atoms with van der Waals surface area (Å²) in [5.41, 5.74) is 0.885. The summed E-state index contributed by atoms with van der Waals surface area (Å²) in [7, 11) is 1.79. The van der Waals surface area contributed by atoms with E-state index < -0.39 is 6.10 Å². The third-order valence-corrected chi connectivity index (χ3v) is 3.27. The highest BCUT2D eigenvalue weighted by Crippen LogP contribution is 2.31. The lowest BCUT2D eigenvalue weighted by Crippen LogP contribution is -1.96. The summed E-state index contributed by atoms with van der Waals surface area (Å²) in [6.07, 6.45) is -0.495. The highest BCUT2D eigenvalue weighted by Gasteiger charge is 2.11. The van der Waals surface area contributed by atoms with Gasteiger partial charge >= 0.3 is 0 Å². The van der Waals surface area contributed by atoms with Gasteiger partial charge in [-0.2, -0.15) is 0 Å². The molecular weight excluding hydrogens is 224 g/mol. The molecule has 1 heterocycles. The van der Waals surface area contributed by atoms with Gasteiger partial charge in [0.25, 0.3) is 0 Å². The summed E-state index contributed by atoms with van der Waals surface area (Å²) in [6.45, 7) is 1.74. The minimum atomic E-state index is -0.495. The first-order valence-corrected chi connectivity index (χ1v) is 5.67. The van der Waals surface area contributed by atoms with Gasteiger partial charge in [-0.05, 0) is 40.7 Å². The lowest BCUT2D eigenvalue weighted by Gasteiger charge is -2.09. The van der Waals surface area contributed by atoms with Gasteiger partial charge < -0.3 is 5.11 Å². The molecule has 0 aliphatic carbocycles. The van der Waals surface area contributed by atoms with Crippen molar-refractivity contribution in [2.45, 2.75) is 23.1 Å². The van der Waals surface area contributed by atoms with Crippen LogP contribution in [0, 0.1) is 0 Å². The van der Waals surface area contributed by atoms with Crippen molar-refractivity contribution < 1.29 is 5.11 Å². The van der Waals surface area contributed by atoms with Gasteiger partial charge in [-0.25, -0.2) is 4.68 Å². The van der Waals surface area contributed by atoms with Crippen LogP contribution in [0.1, 0.15) is 18.6 Å². The topological polar surface area (TPSA) is 63.8 Å². The Morgan fingerprint density at radius 3 is 2.75 bits per heavy atom. The van der Waals surface area contributed by atoms with E-state index in [0.717, 1.165) is 10.5 Å². The Kier molecular flexibility index (Phi) is 3.21. The number of benzene rings is 1. The van der Waals surface area contributed by atoms with Gasteiger partial charge in [0.05, 0.1) is 6.10 Å². The summed E-state index contributed by atoms with van der Waals surface area (Å²) >= 11 is 1.44. The maximum absolute atomic E-state index is 9.63. The predicted molar refractivity (Wildman–Crippen MR) is 60.0 cm³/mol. The van der Waals surface area contributed by atoms with Crippen molar-refractivity contribution in [1.82, 2.24) is 20.2 Å². The summed E-state index contributed by atoms with van der Waals surface area (Å²) in [6, 6.07) is 7.68. The average molecular weight is 236 g/mol. The van der Waals surface area contributed by atoms with Crippen molar-refractivity contribution >= 4 is 11.8 Å². The number of nitrogens with zero attached hydrogens (tertiary/aromatic N) is 4. The van der Waals surface area contributed by atoms with Gasteiger partial charge in [0.15, 0.2) is 0 Å². The predicted octanol–water partition coefficient (Wildman–Crippen LogP) is 1.41. The Morgan fingerprint density at radius 2 is 2.12 bits per heavy atom. The number of rotatable bonds is 3. The molecule has 2 rings (SSSR count). The second kappa shape index (κ2) is 4.63. The molecule has 84 valence electrons. The molecular formula is C10H12N4OS. The van der Waals surface area contributed by atoms with Crippen LogP contribution in [0.3, 0.4) is 0 Å². The van der Waals surface area contributed by atoms with Gasteiger partial charge in [-0.1, -0.05) is 18.2 Å². The quantitative estimate of drug-likeness (QED) is 0.873. The molecule has 0 aliphatic rings. The molecule has 0 fully saturated rings. The summed E-state index contributed by atoms with van der Waals surface area (Å²) in [4.78, 5) is 0.968. The fourth-order valence-electron chi connectivity index (χ4n) is 1.32. The number of hydrogen-bond donors (Lipinski definition) is 1. The van der Waals surface area contributed by atoms with Crippen LogP contribution in [-0.4, -0.2) is 25.3 Å². The molecule has 0 unspecified atom stereocenters. The number of tetrazole rings is 1. The van der Waals surface area contributed by atoms with Gasteiger partial charge in [-0.3, -0.25) is 0 Å². The number of aliphatic hydroxyl groups is 1. The number of aryl methyl sites for hydroxylation is 1. The molecule has 0 amide bonds. The SMILES string of the molecule is C[C@@H](O)c1ccccc1Sc1nnnn1C. The second-order valence-corrected chi connectivity index (χ2v) is 4.41. The molecule has 0 aliphatic heterocycles. The van der Waals surface area contributed by atoms with Crippen LogP contribution in [0.15, 0.2) is 34.3 Å². The van der Waals surface area contributed by atoms with Crippen molar-refractivity contribution in [2.75, 3.05) is 0 Å². The normalized spacial score (nSPS) is 12.7. The molecule has 0 radical (unpaired) electrons. The van der Waals surface area contributed by atoms with Gasteiger partial charge in [0.1, 0.15) is 0 Å². The van der Waals surface area contributed by atoms with E-state index in [0.29, 0.717) is 5.16 Å². The molecule has 1 N–H and O–H groups in total. The standard InChI is InChI=1S/C10H12N4OS/c1-7(15)8-5-3-4-6-9(8)16-10-11-12-13-14(10)2/h3-7,15H,1-2H3/t7-/m1/s1. The molecule has 0 saturated heterocycles. The van der Waals surface area contributed by atoms with Gasteiger partial charge in [0, 0.05) is 11.9 Å². The first-order chi connectivity index (χ1) is 7.68. The fraction of sp³-hybridized carbons (Fsp3) is 0.300. The van der Waals surface area contributed by atoms with Crippen LogP contribution in [0.5, 0.6) is 0 Å². The van der Waals surface area contributed by atoms with Crippen molar-refractivity contribution in [3.05, 3.63) is 29.8 Å². The first-order valence-electron chi connectivity index (χ1n) is 4.85. The molecule has 0 saturated carbocycles. The van der Waals surface area contributed by atoms with Crippen LogP contribution >= 0.6 is 11.8 Å². The number of aromatic nitrogens is 4. The minimum absolute atomic E-state index is 0.495. The largest absolute Gasteiger partial charge is 0.389 e. The van der Waals surface area contributed by atoms with Crippen LogP contribution < -0.4 is 0 Å². The zero-order chi connectivity index (χ0) is 11.5. The smallest absolute Gasteiger partial charge is 0.213 e. The third-order valence-electron chi connectivity index (χ3n) is 2.15. The van der Waals surface area contributed by atoms with Crippen LogP contribution in [0.4, 0.5) is 0 Å². The third kappa shape index (κ3) is 2.23. The molecule has 0 spiro atoms. The van der Waals surface area contributed by atoms with Crippen molar-refractivity contribution in [2.24, 2.45) is 7.05 Å². The Bertz CT molecular complexity index is 483. The van der Waals surface area contributed by atoms with Crippen LogP contribution in [0.25, 0.3) is 0 Å². The van der Waals surface area contributed by atoms with E-state index >= 15 is 0 Å². The molecule has 16 heavy (non-hydrogen) atoms. The van der Waals surface area contributed by atoms with Crippen molar-refractivity contribution in [3.63, 3.8) is 0 Å². The average Bonchev–Trinajstić information content (AvgIpc) is 2.65. The maximum Gasteiger partial charge on any atom is 0.213 e. The Labute approximate surface area is 97.5 Å². The van der Waals surface area contributed by atoms with Gasteiger partial charge in [-0.15, -0.1) is 5.10 Å². The summed E-state index contributed by atoms with van der Waals surface area (Å²) in [5, 5.41) is 21.6.